The third kappa shape index (κ3) is 20800. The zero-order chi connectivity index (χ0) is 13.5. The lowest BCUT2D eigenvalue weighted by molar-refractivity contribution is 0.378. The molecule has 0 heterocycles. The second-order valence-electron chi connectivity index (χ2n) is 1.34. The highest BCUT2D eigenvalue weighted by atomic mass is 32.3. The van der Waals surface area contributed by atoms with Crippen LogP contribution in [0.1, 0.15) is 0 Å². The van der Waals surface area contributed by atoms with Gasteiger partial charge in [-0.1, -0.05) is 0 Å². The molecule has 102 valence electrons. The first-order chi connectivity index (χ1) is 6.00. The predicted molar refractivity (Wildman–Crippen MR) is 52.5 cm³/mol. The van der Waals surface area contributed by atoms with E-state index in [0.29, 0.717) is 0 Å². The Morgan fingerprint density at radius 1 is 0.438 bits per heavy atom. The molecule has 16 heavy (non-hydrogen) atoms. The maximum absolute atomic E-state index is 8.74. The van der Waals surface area contributed by atoms with Crippen LogP contribution in [-0.4, -0.2) is 61.0 Å². The van der Waals surface area contributed by atoms with E-state index >= 15 is 0 Å². The Balaban J connectivity index is -0.0000000655. The summed E-state index contributed by atoms with van der Waals surface area (Å²) in [6.07, 6.45) is 0. The van der Waals surface area contributed by atoms with Crippen LogP contribution in [-0.2, 0) is 31.2 Å². The first kappa shape index (κ1) is 24.8. The monoisotopic (exact) mass is 308 g/mol. The van der Waals surface area contributed by atoms with Crippen LogP contribution in [0.3, 0.4) is 0 Å². The lowest BCUT2D eigenvalue weighted by Gasteiger charge is -1.68. The Bertz CT molecular complexity index is 337. The maximum Gasteiger partial charge on any atom is 0.394 e. The second-order valence-corrected chi connectivity index (χ2v) is 4.03. The fourth-order valence-corrected chi connectivity index (χ4v) is 0. The maximum atomic E-state index is 8.74. The molecule has 0 aliphatic heterocycles. The third-order valence-corrected chi connectivity index (χ3v) is 0. The molecule has 0 saturated heterocycles. The second kappa shape index (κ2) is 8.78. The van der Waals surface area contributed by atoms with Crippen molar-refractivity contribution in [3.63, 3.8) is 0 Å². The van der Waals surface area contributed by atoms with E-state index in [0.717, 1.165) is 0 Å². The predicted octanol–water partition coefficient (Wildman–Crippen LogP) is -3.14. The molecule has 0 bridgehead atoms. The smallest absolute Gasteiger partial charge is 0.264 e. The molecule has 0 saturated carbocycles. The van der Waals surface area contributed by atoms with Gasteiger partial charge in [-0.2, -0.15) is 25.3 Å². The molecular formula is H9BO12S3. The molecule has 0 spiro atoms. The first-order valence-electron chi connectivity index (χ1n) is 2.10. The van der Waals surface area contributed by atoms with Crippen molar-refractivity contribution in [2.45, 2.75) is 0 Å². The Morgan fingerprint density at radius 3 is 0.438 bits per heavy atom. The van der Waals surface area contributed by atoms with E-state index in [1.54, 1.807) is 0 Å². The Morgan fingerprint density at radius 2 is 0.438 bits per heavy atom. The minimum absolute atomic E-state index is 0. The van der Waals surface area contributed by atoms with Gasteiger partial charge >= 0.3 is 31.2 Å². The summed E-state index contributed by atoms with van der Waals surface area (Å²) in [5, 5.41) is 0. The first-order valence-corrected chi connectivity index (χ1v) is 6.29. The third-order valence-electron chi connectivity index (χ3n) is 0. The summed E-state index contributed by atoms with van der Waals surface area (Å²) in [5.41, 5.74) is 0. The van der Waals surface area contributed by atoms with Gasteiger partial charge in [0.15, 0.2) is 0 Å². The summed E-state index contributed by atoms with van der Waals surface area (Å²) in [4.78, 5) is 0. The van der Waals surface area contributed by atoms with Crippen molar-refractivity contribution in [2.75, 3.05) is 0 Å². The zero-order valence-electron chi connectivity index (χ0n) is 6.36. The van der Waals surface area contributed by atoms with E-state index in [1.807, 2.05) is 0 Å². The molecule has 0 radical (unpaired) electrons. The van der Waals surface area contributed by atoms with Gasteiger partial charge < -0.3 is 0 Å². The van der Waals surface area contributed by atoms with Crippen molar-refractivity contribution in [3.05, 3.63) is 0 Å². The van der Waals surface area contributed by atoms with Crippen LogP contribution in [0.5, 0.6) is 0 Å². The molecule has 0 aromatic rings. The summed E-state index contributed by atoms with van der Waals surface area (Å²) >= 11 is 0. The van der Waals surface area contributed by atoms with E-state index < -0.39 is 31.2 Å². The molecule has 0 rings (SSSR count). The van der Waals surface area contributed by atoms with E-state index in [9.17, 15) is 0 Å². The van der Waals surface area contributed by atoms with Gasteiger partial charge in [-0.15, -0.1) is 0 Å². The van der Waals surface area contributed by atoms with E-state index in [1.165, 1.54) is 0 Å². The van der Waals surface area contributed by atoms with E-state index in [-0.39, 0.29) is 8.41 Å². The highest BCUT2D eigenvalue weighted by molar-refractivity contribution is 7.80. The van der Waals surface area contributed by atoms with Gasteiger partial charge in [0.1, 0.15) is 0 Å². The molecule has 0 aromatic carbocycles. The van der Waals surface area contributed by atoms with Gasteiger partial charge in [-0.3, -0.25) is 27.3 Å². The van der Waals surface area contributed by atoms with Crippen molar-refractivity contribution in [1.82, 2.24) is 0 Å². The summed E-state index contributed by atoms with van der Waals surface area (Å²) < 4.78 is 94.8. The van der Waals surface area contributed by atoms with Crippen LogP contribution in [0.4, 0.5) is 0 Å². The van der Waals surface area contributed by atoms with Crippen LogP contribution >= 0.6 is 0 Å². The summed E-state index contributed by atoms with van der Waals surface area (Å²) in [5.74, 6) is 0. The van der Waals surface area contributed by atoms with Crippen molar-refractivity contribution in [2.24, 2.45) is 0 Å². The highest BCUT2D eigenvalue weighted by Crippen LogP contribution is 1.60. The molecule has 0 aliphatic carbocycles. The highest BCUT2D eigenvalue weighted by Gasteiger charge is 1.85. The van der Waals surface area contributed by atoms with Gasteiger partial charge in [0, 0.05) is 0 Å². The lowest BCUT2D eigenvalue weighted by atomic mass is 10.8. The molecule has 0 aliphatic rings. The molecule has 6 N–H and O–H groups in total. The standard InChI is InChI=1S/BH3.3H2O4S/c;3*1-5(2,3)4/h1H3;3*(H2,1,2,3,4). The number of rotatable bonds is 0. The lowest BCUT2D eigenvalue weighted by Crippen LogP contribution is -1.89. The minimum Gasteiger partial charge on any atom is -0.264 e. The quantitative estimate of drug-likeness (QED) is 0.193. The van der Waals surface area contributed by atoms with E-state index in [4.69, 9.17) is 52.6 Å². The normalized spacial score (nSPS) is 10.9. The van der Waals surface area contributed by atoms with Crippen LogP contribution in [0.2, 0.25) is 0 Å². The van der Waals surface area contributed by atoms with E-state index in [2.05, 4.69) is 0 Å². The molecule has 0 amide bonds. The van der Waals surface area contributed by atoms with Crippen LogP contribution in [0, 0.1) is 0 Å². The molecule has 12 nitrogen and oxygen atoms in total. The Kier molecular flexibility index (Phi) is 13.6. The average molecular weight is 308 g/mol. The fraction of sp³-hybridized carbons (Fsp3) is 0. The topological polar surface area (TPSA) is 224 Å². The molecular weight excluding hydrogens is 299 g/mol. The largest absolute Gasteiger partial charge is 0.394 e. The minimum atomic E-state index is -4.67. The van der Waals surface area contributed by atoms with Crippen molar-refractivity contribution in [1.29, 1.82) is 0 Å². The van der Waals surface area contributed by atoms with Gasteiger partial charge in [0.2, 0.25) is 0 Å². The van der Waals surface area contributed by atoms with Gasteiger partial charge in [0.25, 0.3) is 0 Å². The fourth-order valence-electron chi connectivity index (χ4n) is 0. The zero-order valence-corrected chi connectivity index (χ0v) is 8.81. The number of hydrogen-bond acceptors (Lipinski definition) is 6. The van der Waals surface area contributed by atoms with Crippen molar-refractivity contribution < 1.29 is 52.6 Å². The van der Waals surface area contributed by atoms with Gasteiger partial charge in [-0.05, 0) is 0 Å². The average Bonchev–Trinajstić information content (AvgIpc) is 1.41. The van der Waals surface area contributed by atoms with Crippen LogP contribution in [0.15, 0.2) is 0 Å². The Labute approximate surface area is 92.6 Å². The van der Waals surface area contributed by atoms with Crippen LogP contribution < -0.4 is 0 Å². The molecule has 0 unspecified atom stereocenters. The van der Waals surface area contributed by atoms with Gasteiger partial charge in [-0.25, -0.2) is 0 Å². The Hall–Kier alpha value is -0.325. The molecule has 16 heteroatoms. The SMILES string of the molecule is B.O=S(=O)(O)O.O=S(=O)(O)O.O=S(=O)(O)O. The van der Waals surface area contributed by atoms with Crippen molar-refractivity contribution >= 4 is 39.6 Å². The molecule has 0 fully saturated rings. The number of hydrogen-bond donors (Lipinski definition) is 6. The summed E-state index contributed by atoms with van der Waals surface area (Å²) in [6, 6.07) is 0. The summed E-state index contributed by atoms with van der Waals surface area (Å²) in [6.45, 7) is 0. The van der Waals surface area contributed by atoms with Crippen molar-refractivity contribution in [3.8, 4) is 0 Å². The molecule has 0 atom stereocenters. The summed E-state index contributed by atoms with van der Waals surface area (Å²) in [7, 11) is -14.0. The van der Waals surface area contributed by atoms with Crippen LogP contribution in [0.25, 0.3) is 0 Å². The molecule has 0 aromatic heterocycles. The van der Waals surface area contributed by atoms with Gasteiger partial charge in [0.05, 0.1) is 8.41 Å².